The smallest absolute Gasteiger partial charge is 0.326 e. The molecular weight excluding hydrogens is 584 g/mol. The molecule has 1 aliphatic rings. The second-order valence-corrected chi connectivity index (χ2v) is 11.3. The monoisotopic (exact) mass is 626 g/mol. The maximum absolute atomic E-state index is 14.0. The van der Waals surface area contributed by atoms with Gasteiger partial charge in [-0.1, -0.05) is 31.2 Å². The Morgan fingerprint density at radius 1 is 0.933 bits per heavy atom. The zero-order valence-corrected chi connectivity index (χ0v) is 25.1. The molecule has 0 spiro atoms. The van der Waals surface area contributed by atoms with Crippen molar-refractivity contribution in [3.8, 4) is 11.5 Å². The van der Waals surface area contributed by atoms with E-state index in [-0.39, 0.29) is 55.7 Å². The van der Waals surface area contributed by atoms with Crippen molar-refractivity contribution in [2.45, 2.75) is 69.7 Å². The van der Waals surface area contributed by atoms with Crippen LogP contribution in [0.4, 0.5) is 0 Å². The molecule has 0 bridgehead atoms. The number of phenolic OH excluding ortho intramolecular Hbond substituents is 2. The molecule has 14 heteroatoms. The number of benzene rings is 2. The van der Waals surface area contributed by atoms with Gasteiger partial charge >= 0.3 is 5.97 Å². The third-order valence-electron chi connectivity index (χ3n) is 7.60. The largest absolute Gasteiger partial charge is 0.508 e. The van der Waals surface area contributed by atoms with Crippen LogP contribution in [0.25, 0.3) is 0 Å². The molecule has 2 aromatic carbocycles. The van der Waals surface area contributed by atoms with E-state index in [0.717, 1.165) is 5.56 Å². The number of aliphatic hydroxyl groups is 1. The number of hydrogen-bond donors (Lipinski definition) is 8. The van der Waals surface area contributed by atoms with E-state index in [0.29, 0.717) is 24.8 Å². The lowest BCUT2D eigenvalue weighted by atomic mass is 10.0. The molecule has 5 atom stereocenters. The van der Waals surface area contributed by atoms with Crippen LogP contribution in [0.2, 0.25) is 0 Å². The molecule has 0 aromatic heterocycles. The number of nitrogens with two attached hydrogens (primary N) is 2. The molecule has 1 heterocycles. The number of aliphatic hydroxyl groups excluding tert-OH is 1. The fraction of sp³-hybridized carbons (Fsp3) is 0.452. The highest BCUT2D eigenvalue weighted by Crippen LogP contribution is 2.25. The highest BCUT2D eigenvalue weighted by atomic mass is 16.4. The molecule has 1 aliphatic heterocycles. The molecule has 45 heavy (non-hydrogen) atoms. The van der Waals surface area contributed by atoms with Gasteiger partial charge in [-0.15, -0.1) is 0 Å². The van der Waals surface area contributed by atoms with Crippen LogP contribution in [-0.4, -0.2) is 92.3 Å². The number of aromatic hydroxyl groups is 2. The number of carbonyl (C=O) groups excluding carboxylic acids is 3. The summed E-state index contributed by atoms with van der Waals surface area (Å²) in [5.41, 5.74) is 12.0. The predicted molar refractivity (Wildman–Crippen MR) is 165 cm³/mol. The Morgan fingerprint density at radius 3 is 2.11 bits per heavy atom. The first-order valence-electron chi connectivity index (χ1n) is 14.8. The molecule has 0 unspecified atom stereocenters. The third kappa shape index (κ3) is 10.7. The summed E-state index contributed by atoms with van der Waals surface area (Å²) in [5, 5.41) is 44.6. The van der Waals surface area contributed by atoms with Crippen molar-refractivity contribution >= 4 is 29.7 Å². The summed E-state index contributed by atoms with van der Waals surface area (Å²) in [5.74, 6) is -3.28. The van der Waals surface area contributed by atoms with Gasteiger partial charge in [0.15, 0.2) is 5.96 Å². The molecule has 0 saturated carbocycles. The van der Waals surface area contributed by atoms with E-state index in [4.69, 9.17) is 11.5 Å². The number of hydrogen-bond acceptors (Lipinski definition) is 8. The Morgan fingerprint density at radius 2 is 1.53 bits per heavy atom. The Hall–Kier alpha value is -4.85. The van der Waals surface area contributed by atoms with Gasteiger partial charge < -0.3 is 47.4 Å². The first kappa shape index (κ1) is 34.6. The summed E-state index contributed by atoms with van der Waals surface area (Å²) >= 11 is 0. The number of nitrogens with zero attached hydrogens (tertiary/aromatic N) is 2. The molecule has 2 aromatic rings. The van der Waals surface area contributed by atoms with Crippen LogP contribution < -0.4 is 22.1 Å². The number of guanidine groups is 1. The van der Waals surface area contributed by atoms with Gasteiger partial charge in [0.1, 0.15) is 35.7 Å². The van der Waals surface area contributed by atoms with Crippen molar-refractivity contribution in [3.05, 3.63) is 59.7 Å². The van der Waals surface area contributed by atoms with Crippen molar-refractivity contribution in [2.75, 3.05) is 13.1 Å². The molecule has 1 fully saturated rings. The molecule has 0 radical (unpaired) electrons. The van der Waals surface area contributed by atoms with Crippen molar-refractivity contribution < 1.29 is 39.6 Å². The van der Waals surface area contributed by atoms with Crippen LogP contribution in [-0.2, 0) is 32.0 Å². The predicted octanol–water partition coefficient (Wildman–Crippen LogP) is -0.0212. The van der Waals surface area contributed by atoms with Gasteiger partial charge in [0.05, 0.1) is 0 Å². The van der Waals surface area contributed by atoms with Crippen LogP contribution in [0.15, 0.2) is 53.5 Å². The SMILES string of the molecule is C[C@H]1C[C@@H](C(=O)N[C@H](CCCN=C(N)N)C(=O)O)N(C(=O)[C@@H](CCc2ccc(O)cc2)NC(=O)[C@H](O)Cc2ccc(O)cc2)C1. The summed E-state index contributed by atoms with van der Waals surface area (Å²) in [4.78, 5) is 57.4. The Balaban J connectivity index is 1.75. The van der Waals surface area contributed by atoms with E-state index >= 15 is 0 Å². The van der Waals surface area contributed by atoms with Crippen molar-refractivity contribution in [2.24, 2.45) is 22.4 Å². The molecule has 10 N–H and O–H groups in total. The van der Waals surface area contributed by atoms with E-state index in [2.05, 4.69) is 15.6 Å². The number of carbonyl (C=O) groups is 4. The Kier molecular flexibility index (Phi) is 12.5. The number of phenols is 2. The number of aliphatic imine (C=N–C) groups is 1. The average molecular weight is 627 g/mol. The summed E-state index contributed by atoms with van der Waals surface area (Å²) in [7, 11) is 0. The van der Waals surface area contributed by atoms with Crippen LogP contribution in [0.5, 0.6) is 11.5 Å². The van der Waals surface area contributed by atoms with Crippen molar-refractivity contribution in [1.82, 2.24) is 15.5 Å². The van der Waals surface area contributed by atoms with E-state index in [1.807, 2.05) is 6.92 Å². The topological polar surface area (TPSA) is 241 Å². The number of nitrogens with one attached hydrogen (secondary N) is 2. The van der Waals surface area contributed by atoms with Gasteiger partial charge in [0.25, 0.3) is 0 Å². The number of rotatable bonds is 15. The maximum Gasteiger partial charge on any atom is 0.326 e. The lowest BCUT2D eigenvalue weighted by Gasteiger charge is -2.30. The minimum atomic E-state index is -1.50. The lowest BCUT2D eigenvalue weighted by Crippen LogP contribution is -2.56. The van der Waals surface area contributed by atoms with E-state index in [1.165, 1.54) is 29.2 Å². The highest BCUT2D eigenvalue weighted by Gasteiger charge is 2.41. The van der Waals surface area contributed by atoms with Gasteiger partial charge in [-0.2, -0.15) is 0 Å². The number of aliphatic carboxylic acids is 1. The van der Waals surface area contributed by atoms with Crippen LogP contribution in [0.3, 0.4) is 0 Å². The zero-order chi connectivity index (χ0) is 33.1. The van der Waals surface area contributed by atoms with Crippen LogP contribution >= 0.6 is 0 Å². The van der Waals surface area contributed by atoms with Crippen LogP contribution in [0, 0.1) is 5.92 Å². The molecule has 1 saturated heterocycles. The lowest BCUT2D eigenvalue weighted by molar-refractivity contribution is -0.145. The minimum absolute atomic E-state index is 0.0386. The molecular formula is C31H42N6O8. The van der Waals surface area contributed by atoms with Gasteiger partial charge in [0, 0.05) is 19.5 Å². The average Bonchev–Trinajstić information content (AvgIpc) is 3.39. The molecule has 3 rings (SSSR count). The van der Waals surface area contributed by atoms with Gasteiger partial charge in [-0.3, -0.25) is 19.4 Å². The van der Waals surface area contributed by atoms with Crippen molar-refractivity contribution in [1.29, 1.82) is 0 Å². The summed E-state index contributed by atoms with van der Waals surface area (Å²) in [6, 6.07) is 9.08. The van der Waals surface area contributed by atoms with E-state index in [1.54, 1.807) is 24.3 Å². The molecule has 3 amide bonds. The minimum Gasteiger partial charge on any atom is -0.508 e. The molecule has 244 valence electrons. The normalized spacial score (nSPS) is 18.0. The fourth-order valence-electron chi connectivity index (χ4n) is 5.21. The van der Waals surface area contributed by atoms with E-state index in [9.17, 15) is 39.6 Å². The Bertz CT molecular complexity index is 1350. The first-order valence-corrected chi connectivity index (χ1v) is 14.8. The number of aryl methyl sites for hydroxylation is 1. The summed E-state index contributed by atoms with van der Waals surface area (Å²) < 4.78 is 0. The van der Waals surface area contributed by atoms with E-state index < -0.39 is 47.9 Å². The number of carboxylic acid groups (broad SMARTS) is 1. The first-order chi connectivity index (χ1) is 21.3. The second kappa shape index (κ2) is 16.3. The fourth-order valence-corrected chi connectivity index (χ4v) is 5.21. The van der Waals surface area contributed by atoms with Gasteiger partial charge in [-0.05, 0) is 73.4 Å². The Labute approximate surface area is 261 Å². The van der Waals surface area contributed by atoms with Gasteiger partial charge in [-0.25, -0.2) is 4.79 Å². The number of likely N-dealkylation sites (tertiary alicyclic amines) is 1. The maximum atomic E-state index is 14.0. The highest BCUT2D eigenvalue weighted by molar-refractivity contribution is 5.94. The second-order valence-electron chi connectivity index (χ2n) is 11.3. The van der Waals surface area contributed by atoms with Crippen molar-refractivity contribution in [3.63, 3.8) is 0 Å². The van der Waals surface area contributed by atoms with Gasteiger partial charge in [0.2, 0.25) is 17.7 Å². The van der Waals surface area contributed by atoms with Crippen LogP contribution in [0.1, 0.15) is 43.7 Å². The molecule has 14 nitrogen and oxygen atoms in total. The quantitative estimate of drug-likeness (QED) is 0.0746. The zero-order valence-electron chi connectivity index (χ0n) is 25.1. The summed E-state index contributed by atoms with van der Waals surface area (Å²) in [6.07, 6.45) is -0.429. The summed E-state index contributed by atoms with van der Waals surface area (Å²) in [6.45, 7) is 2.26. The number of amides is 3. The standard InChI is InChI=1S/C31H42N6O8/c1-18-15-25(27(41)36-24(30(44)45)3-2-14-34-31(32)33)37(17-18)29(43)23(13-8-19-4-9-21(38)10-5-19)35-28(42)26(40)16-20-6-11-22(39)12-7-20/h4-7,9-12,18,23-26,38-40H,2-3,8,13-17H2,1H3,(H,35,42)(H,36,41)(H,44,45)(H4,32,33,34)/t18-,23+,24+,25-,26+/m0/s1. The molecule has 0 aliphatic carbocycles. The third-order valence-corrected chi connectivity index (χ3v) is 7.60. The number of carboxylic acids is 1.